The Labute approximate surface area is 191 Å². The molecule has 1 fully saturated rings. The zero-order valence-corrected chi connectivity index (χ0v) is 18.9. The van der Waals surface area contributed by atoms with E-state index in [1.54, 1.807) is 12.3 Å². The van der Waals surface area contributed by atoms with Gasteiger partial charge in [-0.05, 0) is 69.5 Å². The van der Waals surface area contributed by atoms with Gasteiger partial charge in [-0.15, -0.1) is 0 Å². The number of anilines is 1. The minimum absolute atomic E-state index is 0.334. The Kier molecular flexibility index (Phi) is 6.79. The van der Waals surface area contributed by atoms with E-state index in [0.29, 0.717) is 35.1 Å². The van der Waals surface area contributed by atoms with Crippen molar-refractivity contribution >= 4 is 17.9 Å². The van der Waals surface area contributed by atoms with Crippen LogP contribution in [-0.2, 0) is 4.79 Å². The Balaban J connectivity index is 0.000000275. The number of fused-ring (bicyclic) bond motifs is 1. The van der Waals surface area contributed by atoms with Gasteiger partial charge in [0.1, 0.15) is 11.6 Å². The number of rotatable bonds is 4. The number of imidazole rings is 1. The molecule has 4 heterocycles. The number of nitrogens with one attached hydrogen (secondary N) is 2. The van der Waals surface area contributed by atoms with Crippen LogP contribution in [0, 0.1) is 26.6 Å². The lowest BCUT2D eigenvalue weighted by molar-refractivity contribution is -0.105. The maximum Gasteiger partial charge on any atom is 0.234 e. The summed E-state index contributed by atoms with van der Waals surface area (Å²) in [5.41, 5.74) is 3.51. The second-order valence-corrected chi connectivity index (χ2v) is 8.08. The van der Waals surface area contributed by atoms with Gasteiger partial charge in [0.2, 0.25) is 12.2 Å². The van der Waals surface area contributed by atoms with Crippen LogP contribution in [-0.4, -0.2) is 38.9 Å². The van der Waals surface area contributed by atoms with Crippen molar-refractivity contribution in [1.82, 2.24) is 24.7 Å². The molecule has 0 radical (unpaired) electrons. The summed E-state index contributed by atoms with van der Waals surface area (Å²) in [5, 5.41) is 5.88. The van der Waals surface area contributed by atoms with Crippen molar-refractivity contribution in [3.05, 3.63) is 65.5 Å². The van der Waals surface area contributed by atoms with Crippen LogP contribution in [0.2, 0.25) is 0 Å². The van der Waals surface area contributed by atoms with Gasteiger partial charge >= 0.3 is 0 Å². The third-order valence-corrected chi connectivity index (χ3v) is 5.74. The summed E-state index contributed by atoms with van der Waals surface area (Å²) in [6, 6.07) is 4.40. The third-order valence-electron chi connectivity index (χ3n) is 5.74. The van der Waals surface area contributed by atoms with Crippen LogP contribution in [0.3, 0.4) is 0 Å². The smallest absolute Gasteiger partial charge is 0.234 e. The third kappa shape index (κ3) is 5.25. The molecule has 1 aromatic carbocycles. The van der Waals surface area contributed by atoms with E-state index in [-0.39, 0.29) is 0 Å². The summed E-state index contributed by atoms with van der Waals surface area (Å²) in [7, 11) is 0. The highest BCUT2D eigenvalue weighted by atomic mass is 19.1. The van der Waals surface area contributed by atoms with Gasteiger partial charge in [0.15, 0.2) is 5.89 Å². The molecule has 0 spiro atoms. The first-order valence-electron chi connectivity index (χ1n) is 10.9. The average molecular weight is 451 g/mol. The minimum atomic E-state index is -0.390. The predicted molar refractivity (Wildman–Crippen MR) is 124 cm³/mol. The Bertz CT molecular complexity index is 1240. The van der Waals surface area contributed by atoms with Crippen molar-refractivity contribution in [2.45, 2.75) is 39.5 Å². The lowest BCUT2D eigenvalue weighted by Gasteiger charge is -2.22. The number of benzene rings is 1. The molecule has 172 valence electrons. The largest absolute Gasteiger partial charge is 0.446 e. The first kappa shape index (κ1) is 22.6. The van der Waals surface area contributed by atoms with Gasteiger partial charge in [0.05, 0.1) is 11.4 Å². The second-order valence-electron chi connectivity index (χ2n) is 8.08. The highest BCUT2D eigenvalue weighted by Crippen LogP contribution is 2.28. The molecule has 1 aliphatic heterocycles. The lowest BCUT2D eigenvalue weighted by Crippen LogP contribution is -2.26. The SMILES string of the molecule is Cc1nc(C)c(C)o1.O=CNc1ccc(F)c(-c2cn3cc(C4CCNCC4)cnc3n2)c1. The summed E-state index contributed by atoms with van der Waals surface area (Å²) in [4.78, 5) is 23.5. The van der Waals surface area contributed by atoms with Crippen LogP contribution < -0.4 is 10.6 Å². The first-order chi connectivity index (χ1) is 15.9. The van der Waals surface area contributed by atoms with Gasteiger partial charge in [-0.1, -0.05) is 0 Å². The first-order valence-corrected chi connectivity index (χ1v) is 10.9. The number of oxazole rings is 1. The second kappa shape index (κ2) is 9.91. The number of piperidine rings is 1. The van der Waals surface area contributed by atoms with Crippen molar-refractivity contribution in [3.63, 3.8) is 0 Å². The van der Waals surface area contributed by atoms with Gasteiger partial charge in [-0.25, -0.2) is 19.3 Å². The van der Waals surface area contributed by atoms with E-state index in [9.17, 15) is 9.18 Å². The van der Waals surface area contributed by atoms with Gasteiger partial charge in [0.25, 0.3) is 0 Å². The average Bonchev–Trinajstić information content (AvgIpc) is 3.37. The molecule has 0 bridgehead atoms. The molecular weight excluding hydrogens is 423 g/mol. The summed E-state index contributed by atoms with van der Waals surface area (Å²) >= 11 is 0. The molecule has 0 atom stereocenters. The van der Waals surface area contributed by atoms with Crippen LogP contribution in [0.5, 0.6) is 0 Å². The number of nitrogens with zero attached hydrogens (tertiary/aromatic N) is 4. The Morgan fingerprint density at radius 1 is 1.18 bits per heavy atom. The number of carbonyl (C=O) groups excluding carboxylic acids is 1. The van der Waals surface area contributed by atoms with Crippen LogP contribution in [0.1, 0.15) is 41.7 Å². The number of hydrogen-bond acceptors (Lipinski definition) is 6. The van der Waals surface area contributed by atoms with Crippen molar-refractivity contribution in [1.29, 1.82) is 0 Å². The zero-order chi connectivity index (χ0) is 23.4. The maximum atomic E-state index is 14.2. The normalized spacial score (nSPS) is 14.1. The minimum Gasteiger partial charge on any atom is -0.446 e. The molecular formula is C24H27FN6O2. The van der Waals surface area contributed by atoms with Crippen LogP contribution in [0.15, 0.2) is 41.2 Å². The van der Waals surface area contributed by atoms with Crippen LogP contribution in [0.4, 0.5) is 10.1 Å². The Morgan fingerprint density at radius 2 is 1.97 bits per heavy atom. The molecule has 4 aromatic rings. The summed E-state index contributed by atoms with van der Waals surface area (Å²) in [6.45, 7) is 7.72. The van der Waals surface area contributed by atoms with E-state index in [1.807, 2.05) is 37.6 Å². The summed E-state index contributed by atoms with van der Waals surface area (Å²) in [5.74, 6) is 2.29. The zero-order valence-electron chi connectivity index (χ0n) is 18.9. The van der Waals surface area contributed by atoms with Crippen LogP contribution >= 0.6 is 0 Å². The van der Waals surface area contributed by atoms with E-state index in [2.05, 4.69) is 25.6 Å². The fourth-order valence-electron chi connectivity index (χ4n) is 3.91. The number of amides is 1. The number of hydrogen-bond donors (Lipinski definition) is 2. The fraction of sp³-hybridized carbons (Fsp3) is 0.333. The fourth-order valence-corrected chi connectivity index (χ4v) is 3.91. The predicted octanol–water partition coefficient (Wildman–Crippen LogP) is 4.17. The van der Waals surface area contributed by atoms with E-state index in [4.69, 9.17) is 4.42 Å². The maximum absolute atomic E-state index is 14.2. The lowest BCUT2D eigenvalue weighted by atomic mass is 9.92. The van der Waals surface area contributed by atoms with E-state index in [1.165, 1.54) is 17.7 Å². The number of halogens is 1. The standard InChI is InChI=1S/C18H18FN5O.C6H9NO/c19-16-2-1-14(22-11-25)7-15(16)17-10-24-9-13(8-21-18(24)23-17)12-3-5-20-6-4-12;1-4-5(2)8-6(3)7-4/h1-2,7-12,20H,3-6H2,(H,22,25);1-3H3. The van der Waals surface area contributed by atoms with E-state index in [0.717, 1.165) is 43.3 Å². The molecule has 1 saturated heterocycles. The molecule has 3 aromatic heterocycles. The molecule has 0 unspecified atom stereocenters. The molecule has 1 amide bonds. The summed E-state index contributed by atoms with van der Waals surface area (Å²) in [6.07, 6.45) is 8.40. The van der Waals surface area contributed by atoms with Crippen molar-refractivity contribution in [3.8, 4) is 11.3 Å². The molecule has 5 rings (SSSR count). The van der Waals surface area contributed by atoms with Crippen molar-refractivity contribution < 1.29 is 13.6 Å². The van der Waals surface area contributed by atoms with Crippen LogP contribution in [0.25, 0.3) is 17.0 Å². The number of carbonyl (C=O) groups is 1. The Morgan fingerprint density at radius 3 is 2.61 bits per heavy atom. The molecule has 0 saturated carbocycles. The molecule has 9 heteroatoms. The molecule has 8 nitrogen and oxygen atoms in total. The van der Waals surface area contributed by atoms with Gasteiger partial charge in [-0.3, -0.25) is 9.20 Å². The molecule has 1 aliphatic rings. The molecule has 33 heavy (non-hydrogen) atoms. The van der Waals surface area contributed by atoms with Gasteiger partial charge < -0.3 is 15.1 Å². The van der Waals surface area contributed by atoms with Crippen molar-refractivity contribution in [2.24, 2.45) is 0 Å². The number of aryl methyl sites for hydroxylation is 3. The number of aromatic nitrogens is 4. The van der Waals surface area contributed by atoms with E-state index >= 15 is 0 Å². The molecule has 0 aliphatic carbocycles. The topological polar surface area (TPSA) is 97.4 Å². The summed E-state index contributed by atoms with van der Waals surface area (Å²) < 4.78 is 21.1. The van der Waals surface area contributed by atoms with Gasteiger partial charge in [0, 0.05) is 36.8 Å². The van der Waals surface area contributed by atoms with Crippen molar-refractivity contribution in [2.75, 3.05) is 18.4 Å². The monoisotopic (exact) mass is 450 g/mol. The van der Waals surface area contributed by atoms with Gasteiger partial charge in [-0.2, -0.15) is 0 Å². The quantitative estimate of drug-likeness (QED) is 0.453. The molecule has 2 N–H and O–H groups in total. The highest BCUT2D eigenvalue weighted by Gasteiger charge is 2.17. The highest BCUT2D eigenvalue weighted by molar-refractivity contribution is 5.75. The van der Waals surface area contributed by atoms with E-state index < -0.39 is 5.82 Å². The Hall–Kier alpha value is -3.59.